The van der Waals surface area contributed by atoms with E-state index in [4.69, 9.17) is 10.4 Å². The van der Waals surface area contributed by atoms with Gasteiger partial charge in [0.05, 0.1) is 6.54 Å². The lowest BCUT2D eigenvalue weighted by Gasteiger charge is -1.99. The Balaban J connectivity index is 2.58. The molecule has 0 aliphatic heterocycles. The molecule has 0 aromatic carbocycles. The Morgan fingerprint density at radius 2 is 2.57 bits per heavy atom. The predicted molar refractivity (Wildman–Crippen MR) is 51.2 cm³/mol. The van der Waals surface area contributed by atoms with Gasteiger partial charge in [0.1, 0.15) is 12.4 Å². The third-order valence-corrected chi connectivity index (χ3v) is 1.53. The topological polar surface area (TPSA) is 81.3 Å². The minimum atomic E-state index is -0.270. The van der Waals surface area contributed by atoms with Gasteiger partial charge in [-0.1, -0.05) is 6.07 Å². The Labute approximate surface area is 81.7 Å². The first kappa shape index (κ1) is 10.2. The zero-order chi connectivity index (χ0) is 10.2. The summed E-state index contributed by atoms with van der Waals surface area (Å²) in [5.74, 6) is 0.261. The largest absolute Gasteiger partial charge is 0.388 e. The molecule has 14 heavy (non-hydrogen) atoms. The summed E-state index contributed by atoms with van der Waals surface area (Å²) in [7, 11) is 0. The van der Waals surface area contributed by atoms with Crippen molar-refractivity contribution in [1.29, 1.82) is 5.26 Å². The van der Waals surface area contributed by atoms with Crippen molar-refractivity contribution in [2.75, 3.05) is 6.61 Å². The molecule has 0 spiro atoms. The lowest BCUT2D eigenvalue weighted by Crippen LogP contribution is -2.21. The molecule has 0 atom stereocenters. The van der Waals surface area contributed by atoms with Gasteiger partial charge in [-0.3, -0.25) is 15.3 Å². The monoisotopic (exact) mass is 190 g/mol. The number of hydrogen-bond donors (Lipinski definition) is 2. The number of aliphatic imine (C=N–C) groups is 1. The molecule has 0 unspecified atom stereocenters. The molecule has 1 heterocycles. The second-order valence-corrected chi connectivity index (χ2v) is 2.52. The van der Waals surface area contributed by atoms with Crippen LogP contribution in [0.1, 0.15) is 5.56 Å². The molecule has 72 valence electrons. The zero-order valence-corrected chi connectivity index (χ0v) is 7.51. The molecule has 1 rings (SSSR count). The lowest BCUT2D eigenvalue weighted by atomic mass is 10.3. The van der Waals surface area contributed by atoms with E-state index in [1.165, 1.54) is 0 Å². The highest BCUT2D eigenvalue weighted by Crippen LogP contribution is 1.97. The van der Waals surface area contributed by atoms with Crippen molar-refractivity contribution >= 4 is 5.84 Å². The standard InChI is InChI=1S/C9H10N4O/c10-7-13-9(6-14)12-5-8-2-1-3-11-4-8/h1-4,14H,5-6H2,(H,12,13). The minimum Gasteiger partial charge on any atom is -0.388 e. The Kier molecular flexibility index (Phi) is 4.11. The summed E-state index contributed by atoms with van der Waals surface area (Å²) in [5, 5.41) is 19.4. The lowest BCUT2D eigenvalue weighted by molar-refractivity contribution is 0.354. The molecule has 0 fully saturated rings. The number of pyridine rings is 1. The molecular weight excluding hydrogens is 180 g/mol. The van der Waals surface area contributed by atoms with Crippen molar-refractivity contribution in [3.8, 4) is 6.19 Å². The van der Waals surface area contributed by atoms with E-state index in [0.717, 1.165) is 5.56 Å². The predicted octanol–water partition coefficient (Wildman–Crippen LogP) is 0.0431. The van der Waals surface area contributed by atoms with E-state index in [2.05, 4.69) is 15.3 Å². The fraction of sp³-hybridized carbons (Fsp3) is 0.222. The number of aliphatic hydroxyl groups is 1. The van der Waals surface area contributed by atoms with E-state index < -0.39 is 0 Å². The quantitative estimate of drug-likeness (QED) is 0.305. The van der Waals surface area contributed by atoms with Gasteiger partial charge in [0.25, 0.3) is 0 Å². The van der Waals surface area contributed by atoms with Gasteiger partial charge in [0.2, 0.25) is 0 Å². The summed E-state index contributed by atoms with van der Waals surface area (Å²) in [6.45, 7) is 0.131. The first-order valence-corrected chi connectivity index (χ1v) is 4.05. The molecule has 0 saturated carbocycles. The molecule has 0 aliphatic rings. The van der Waals surface area contributed by atoms with E-state index >= 15 is 0 Å². The van der Waals surface area contributed by atoms with Crippen LogP contribution in [0.2, 0.25) is 0 Å². The number of nitriles is 1. The van der Waals surface area contributed by atoms with Gasteiger partial charge in [0.15, 0.2) is 6.19 Å². The molecule has 0 saturated heterocycles. The molecule has 5 nitrogen and oxygen atoms in total. The minimum absolute atomic E-state index is 0.261. The van der Waals surface area contributed by atoms with Crippen LogP contribution in [0.25, 0.3) is 0 Å². The fourth-order valence-electron chi connectivity index (χ4n) is 0.872. The number of amidine groups is 1. The van der Waals surface area contributed by atoms with Gasteiger partial charge in [-0.05, 0) is 11.6 Å². The summed E-state index contributed by atoms with van der Waals surface area (Å²) < 4.78 is 0. The first-order chi connectivity index (χ1) is 6.86. The number of aliphatic hydroxyl groups excluding tert-OH is 1. The van der Waals surface area contributed by atoms with Crippen LogP contribution >= 0.6 is 0 Å². The van der Waals surface area contributed by atoms with Crippen LogP contribution in [0.4, 0.5) is 0 Å². The fourth-order valence-corrected chi connectivity index (χ4v) is 0.872. The third-order valence-electron chi connectivity index (χ3n) is 1.53. The van der Waals surface area contributed by atoms with Crippen LogP contribution in [0.15, 0.2) is 29.5 Å². The molecule has 0 radical (unpaired) electrons. The van der Waals surface area contributed by atoms with E-state index in [-0.39, 0.29) is 12.4 Å². The summed E-state index contributed by atoms with van der Waals surface area (Å²) in [6.07, 6.45) is 5.06. The van der Waals surface area contributed by atoms with Crippen LogP contribution in [0.5, 0.6) is 0 Å². The summed E-state index contributed by atoms with van der Waals surface area (Å²) in [5.41, 5.74) is 0.929. The average molecular weight is 190 g/mol. The van der Waals surface area contributed by atoms with Crippen molar-refractivity contribution in [2.24, 2.45) is 4.99 Å². The number of aromatic nitrogens is 1. The van der Waals surface area contributed by atoms with Crippen molar-refractivity contribution in [3.63, 3.8) is 0 Å². The van der Waals surface area contributed by atoms with E-state index in [1.807, 2.05) is 6.07 Å². The summed E-state index contributed by atoms with van der Waals surface area (Å²) in [6, 6.07) is 3.68. The summed E-state index contributed by atoms with van der Waals surface area (Å²) >= 11 is 0. The Morgan fingerprint density at radius 1 is 1.71 bits per heavy atom. The smallest absolute Gasteiger partial charge is 0.182 e. The van der Waals surface area contributed by atoms with Crippen LogP contribution in [0.3, 0.4) is 0 Å². The normalized spacial score (nSPS) is 10.7. The molecule has 5 heteroatoms. The maximum absolute atomic E-state index is 8.78. The molecule has 2 N–H and O–H groups in total. The molecule has 1 aromatic rings. The second-order valence-electron chi connectivity index (χ2n) is 2.52. The van der Waals surface area contributed by atoms with E-state index in [1.54, 1.807) is 24.7 Å². The molecule has 0 amide bonds. The Morgan fingerprint density at radius 3 is 3.14 bits per heavy atom. The van der Waals surface area contributed by atoms with Gasteiger partial charge in [-0.15, -0.1) is 0 Å². The highest BCUT2D eigenvalue weighted by atomic mass is 16.3. The number of nitrogens with zero attached hydrogens (tertiary/aromatic N) is 3. The Bertz CT molecular complexity index is 342. The SMILES string of the molecule is N#CNC(CO)=NCc1cccnc1. The number of hydrogen-bond acceptors (Lipinski definition) is 4. The zero-order valence-electron chi connectivity index (χ0n) is 7.51. The van der Waals surface area contributed by atoms with Crippen molar-refractivity contribution in [3.05, 3.63) is 30.1 Å². The van der Waals surface area contributed by atoms with Crippen molar-refractivity contribution in [2.45, 2.75) is 6.54 Å². The first-order valence-electron chi connectivity index (χ1n) is 4.05. The number of nitrogens with one attached hydrogen (secondary N) is 1. The van der Waals surface area contributed by atoms with Crippen LogP contribution in [-0.2, 0) is 6.54 Å². The van der Waals surface area contributed by atoms with Gasteiger partial charge in [0, 0.05) is 12.4 Å². The van der Waals surface area contributed by atoms with Crippen molar-refractivity contribution in [1.82, 2.24) is 10.3 Å². The second kappa shape index (κ2) is 5.67. The van der Waals surface area contributed by atoms with Crippen LogP contribution < -0.4 is 5.32 Å². The maximum atomic E-state index is 8.78. The van der Waals surface area contributed by atoms with Crippen LogP contribution in [0, 0.1) is 11.5 Å². The van der Waals surface area contributed by atoms with Gasteiger partial charge in [-0.25, -0.2) is 0 Å². The molecule has 0 bridgehead atoms. The summed E-state index contributed by atoms with van der Waals surface area (Å²) in [4.78, 5) is 7.91. The molecular formula is C9H10N4O. The van der Waals surface area contributed by atoms with Gasteiger partial charge in [-0.2, -0.15) is 5.26 Å². The number of rotatable bonds is 3. The third kappa shape index (κ3) is 3.21. The maximum Gasteiger partial charge on any atom is 0.182 e. The molecule has 0 aliphatic carbocycles. The Hall–Kier alpha value is -1.93. The van der Waals surface area contributed by atoms with E-state index in [9.17, 15) is 0 Å². The van der Waals surface area contributed by atoms with Crippen molar-refractivity contribution < 1.29 is 5.11 Å². The van der Waals surface area contributed by atoms with Crippen LogP contribution in [-0.4, -0.2) is 22.5 Å². The highest BCUT2D eigenvalue weighted by molar-refractivity contribution is 5.84. The average Bonchev–Trinajstić information content (AvgIpc) is 2.25. The van der Waals surface area contributed by atoms with Gasteiger partial charge < -0.3 is 5.11 Å². The highest BCUT2D eigenvalue weighted by Gasteiger charge is 1.94. The van der Waals surface area contributed by atoms with E-state index in [0.29, 0.717) is 6.54 Å². The van der Waals surface area contributed by atoms with Gasteiger partial charge >= 0.3 is 0 Å². The molecule has 1 aromatic heterocycles.